The minimum atomic E-state index is 0.752. The molecule has 2 aromatic carbocycles. The van der Waals surface area contributed by atoms with Gasteiger partial charge in [-0.2, -0.15) is 5.10 Å². The Bertz CT molecular complexity index is 910. The predicted octanol–water partition coefficient (Wildman–Crippen LogP) is 5.56. The average Bonchev–Trinajstić information content (AvgIpc) is 2.78. The fourth-order valence-corrected chi connectivity index (χ4v) is 3.69. The third-order valence-corrected chi connectivity index (χ3v) is 5.08. The van der Waals surface area contributed by atoms with E-state index in [0.29, 0.717) is 0 Å². The van der Waals surface area contributed by atoms with Crippen LogP contribution in [0, 0.1) is 13.8 Å². The molecule has 3 aromatic rings. The van der Waals surface area contributed by atoms with Gasteiger partial charge in [0.1, 0.15) is 5.82 Å². The summed E-state index contributed by atoms with van der Waals surface area (Å²) in [5.41, 5.74) is 7.12. The van der Waals surface area contributed by atoms with Crippen LogP contribution in [0.3, 0.4) is 0 Å². The van der Waals surface area contributed by atoms with Crippen molar-refractivity contribution in [3.8, 4) is 16.9 Å². The predicted molar refractivity (Wildman–Crippen MR) is 105 cm³/mol. The number of anilines is 1. The number of hydrogen-bond donors (Lipinski definition) is 1. The van der Waals surface area contributed by atoms with Gasteiger partial charge in [-0.1, -0.05) is 41.4 Å². The summed E-state index contributed by atoms with van der Waals surface area (Å²) in [6.45, 7) is 5.26. The van der Waals surface area contributed by atoms with Crippen LogP contribution < -0.4 is 5.32 Å². The standard InChI is InChI=1S/C21H22ClN3/c1-14-6-11-19(15(2)13-14)25-21-18(5-3-4-12-23-21)20(24-25)16-7-9-17(22)10-8-16/h6-11,13,23H,3-5,12H2,1-2H3. The summed E-state index contributed by atoms with van der Waals surface area (Å²) < 4.78 is 2.08. The molecule has 128 valence electrons. The maximum absolute atomic E-state index is 6.07. The molecule has 25 heavy (non-hydrogen) atoms. The van der Waals surface area contributed by atoms with Gasteiger partial charge in [0, 0.05) is 22.7 Å². The molecule has 4 heteroatoms. The normalized spacial score (nSPS) is 13.9. The summed E-state index contributed by atoms with van der Waals surface area (Å²) >= 11 is 6.07. The number of hydrogen-bond acceptors (Lipinski definition) is 2. The maximum Gasteiger partial charge on any atom is 0.133 e. The molecule has 2 heterocycles. The second kappa shape index (κ2) is 6.57. The van der Waals surface area contributed by atoms with E-state index in [-0.39, 0.29) is 0 Å². The van der Waals surface area contributed by atoms with Crippen molar-refractivity contribution in [3.63, 3.8) is 0 Å². The molecule has 0 aliphatic carbocycles. The lowest BCUT2D eigenvalue weighted by Gasteiger charge is -2.12. The van der Waals surface area contributed by atoms with Crippen molar-refractivity contribution in [1.29, 1.82) is 0 Å². The fraction of sp³-hybridized carbons (Fsp3) is 0.286. The molecule has 1 N–H and O–H groups in total. The minimum Gasteiger partial charge on any atom is -0.370 e. The number of aryl methyl sites for hydroxylation is 2. The zero-order valence-electron chi connectivity index (χ0n) is 14.6. The van der Waals surface area contributed by atoms with E-state index in [0.717, 1.165) is 40.8 Å². The summed E-state index contributed by atoms with van der Waals surface area (Å²) in [6, 6.07) is 14.5. The van der Waals surface area contributed by atoms with Crippen LogP contribution >= 0.6 is 11.6 Å². The molecular weight excluding hydrogens is 330 g/mol. The Balaban J connectivity index is 1.91. The summed E-state index contributed by atoms with van der Waals surface area (Å²) in [4.78, 5) is 0. The third kappa shape index (κ3) is 3.05. The zero-order chi connectivity index (χ0) is 17.4. The van der Waals surface area contributed by atoms with E-state index in [4.69, 9.17) is 16.7 Å². The van der Waals surface area contributed by atoms with Gasteiger partial charge in [0.25, 0.3) is 0 Å². The first-order chi connectivity index (χ1) is 12.1. The zero-order valence-corrected chi connectivity index (χ0v) is 15.4. The quantitative estimate of drug-likeness (QED) is 0.655. The van der Waals surface area contributed by atoms with Crippen LogP contribution in [0.4, 0.5) is 5.82 Å². The summed E-state index contributed by atoms with van der Waals surface area (Å²) in [5.74, 6) is 1.13. The van der Waals surface area contributed by atoms with Crippen molar-refractivity contribution in [2.45, 2.75) is 33.1 Å². The first kappa shape index (κ1) is 16.2. The SMILES string of the molecule is Cc1ccc(-n2nc(-c3ccc(Cl)cc3)c3c2NCCCC3)c(C)c1. The average molecular weight is 352 g/mol. The largest absolute Gasteiger partial charge is 0.370 e. The highest BCUT2D eigenvalue weighted by Gasteiger charge is 2.22. The Hall–Kier alpha value is -2.26. The molecule has 0 spiro atoms. The number of aromatic nitrogens is 2. The molecule has 4 rings (SSSR count). The Morgan fingerprint density at radius 3 is 2.60 bits per heavy atom. The lowest BCUT2D eigenvalue weighted by Crippen LogP contribution is -2.08. The van der Waals surface area contributed by atoms with Gasteiger partial charge in [-0.25, -0.2) is 4.68 Å². The first-order valence-electron chi connectivity index (χ1n) is 8.83. The van der Waals surface area contributed by atoms with Crippen molar-refractivity contribution in [3.05, 3.63) is 64.2 Å². The molecule has 0 amide bonds. The van der Waals surface area contributed by atoms with Gasteiger partial charge in [-0.05, 0) is 56.9 Å². The number of fused-ring (bicyclic) bond motifs is 1. The highest BCUT2D eigenvalue weighted by atomic mass is 35.5. The molecular formula is C21H22ClN3. The Morgan fingerprint density at radius 2 is 1.84 bits per heavy atom. The smallest absolute Gasteiger partial charge is 0.133 e. The molecule has 1 aliphatic heterocycles. The van der Waals surface area contributed by atoms with E-state index in [1.165, 1.54) is 29.5 Å². The van der Waals surface area contributed by atoms with Crippen molar-refractivity contribution < 1.29 is 0 Å². The van der Waals surface area contributed by atoms with Crippen LogP contribution in [-0.4, -0.2) is 16.3 Å². The third-order valence-electron chi connectivity index (χ3n) is 4.83. The summed E-state index contributed by atoms with van der Waals surface area (Å²) in [5, 5.41) is 9.37. The van der Waals surface area contributed by atoms with Crippen LogP contribution in [0.15, 0.2) is 42.5 Å². The summed E-state index contributed by atoms with van der Waals surface area (Å²) in [6.07, 6.45) is 3.41. The molecule has 0 radical (unpaired) electrons. The molecule has 0 fully saturated rings. The van der Waals surface area contributed by atoms with Crippen LogP contribution in [-0.2, 0) is 6.42 Å². The van der Waals surface area contributed by atoms with Gasteiger partial charge in [-0.15, -0.1) is 0 Å². The van der Waals surface area contributed by atoms with Gasteiger partial charge in [0.15, 0.2) is 0 Å². The van der Waals surface area contributed by atoms with E-state index < -0.39 is 0 Å². The number of nitrogens with one attached hydrogen (secondary N) is 1. The summed E-state index contributed by atoms with van der Waals surface area (Å²) in [7, 11) is 0. The Morgan fingerprint density at radius 1 is 1.04 bits per heavy atom. The fourth-order valence-electron chi connectivity index (χ4n) is 3.56. The number of benzene rings is 2. The van der Waals surface area contributed by atoms with Crippen molar-refractivity contribution in [2.24, 2.45) is 0 Å². The highest BCUT2D eigenvalue weighted by molar-refractivity contribution is 6.30. The lowest BCUT2D eigenvalue weighted by atomic mass is 10.0. The Kier molecular flexibility index (Phi) is 4.26. The van der Waals surface area contributed by atoms with E-state index in [1.54, 1.807) is 0 Å². The Labute approximate surface area is 153 Å². The number of nitrogens with zero attached hydrogens (tertiary/aromatic N) is 2. The van der Waals surface area contributed by atoms with Crippen LogP contribution in [0.2, 0.25) is 5.02 Å². The van der Waals surface area contributed by atoms with Crippen LogP contribution in [0.1, 0.15) is 29.5 Å². The van der Waals surface area contributed by atoms with Crippen molar-refractivity contribution >= 4 is 17.4 Å². The van der Waals surface area contributed by atoms with Gasteiger partial charge >= 0.3 is 0 Å². The highest BCUT2D eigenvalue weighted by Crippen LogP contribution is 2.35. The van der Waals surface area contributed by atoms with E-state index in [1.807, 2.05) is 12.1 Å². The van der Waals surface area contributed by atoms with Gasteiger partial charge < -0.3 is 5.32 Å². The molecule has 0 saturated heterocycles. The van der Waals surface area contributed by atoms with E-state index in [2.05, 4.69) is 54.2 Å². The number of halogens is 1. The molecule has 0 atom stereocenters. The second-order valence-electron chi connectivity index (χ2n) is 6.77. The molecule has 0 unspecified atom stereocenters. The van der Waals surface area contributed by atoms with Gasteiger partial charge in [0.2, 0.25) is 0 Å². The minimum absolute atomic E-state index is 0.752. The van der Waals surface area contributed by atoms with E-state index >= 15 is 0 Å². The molecule has 0 saturated carbocycles. The first-order valence-corrected chi connectivity index (χ1v) is 9.20. The molecule has 1 aliphatic rings. The molecule has 3 nitrogen and oxygen atoms in total. The van der Waals surface area contributed by atoms with Crippen LogP contribution in [0.25, 0.3) is 16.9 Å². The lowest BCUT2D eigenvalue weighted by molar-refractivity contribution is 0.779. The van der Waals surface area contributed by atoms with E-state index in [9.17, 15) is 0 Å². The maximum atomic E-state index is 6.07. The van der Waals surface area contributed by atoms with Gasteiger partial charge in [0.05, 0.1) is 11.4 Å². The van der Waals surface area contributed by atoms with Crippen LogP contribution in [0.5, 0.6) is 0 Å². The van der Waals surface area contributed by atoms with Crippen molar-refractivity contribution in [1.82, 2.24) is 9.78 Å². The van der Waals surface area contributed by atoms with Crippen molar-refractivity contribution in [2.75, 3.05) is 11.9 Å². The monoisotopic (exact) mass is 351 g/mol. The van der Waals surface area contributed by atoms with Gasteiger partial charge in [-0.3, -0.25) is 0 Å². The molecule has 1 aromatic heterocycles. The molecule has 0 bridgehead atoms. The number of rotatable bonds is 2. The topological polar surface area (TPSA) is 29.9 Å². The second-order valence-corrected chi connectivity index (χ2v) is 7.20.